The van der Waals surface area contributed by atoms with Gasteiger partial charge in [-0.25, -0.2) is 4.98 Å². The number of hydrogen-bond acceptors (Lipinski definition) is 4. The lowest BCUT2D eigenvalue weighted by atomic mass is 10.0. The Balaban J connectivity index is 2.45. The second-order valence-electron chi connectivity index (χ2n) is 6.24. The topological polar surface area (TPSA) is 140 Å². The molecule has 2 aromatic rings. The van der Waals surface area contributed by atoms with Gasteiger partial charge in [-0.3, -0.25) is 9.13 Å². The molecule has 0 saturated carbocycles. The van der Waals surface area contributed by atoms with Crippen molar-refractivity contribution in [1.82, 2.24) is 4.98 Å². The fourth-order valence-electron chi connectivity index (χ4n) is 2.63. The van der Waals surface area contributed by atoms with Gasteiger partial charge in [0.05, 0.1) is 0 Å². The Morgan fingerprint density at radius 3 is 2.22 bits per heavy atom. The van der Waals surface area contributed by atoms with Crippen molar-refractivity contribution in [3.8, 4) is 11.1 Å². The van der Waals surface area contributed by atoms with Gasteiger partial charge in [0.1, 0.15) is 5.82 Å². The highest BCUT2D eigenvalue weighted by atomic mass is 31.2. The Bertz CT molecular complexity index is 828. The summed E-state index contributed by atoms with van der Waals surface area (Å²) in [5.41, 5.74) is 1.89. The predicted molar refractivity (Wildman–Crippen MR) is 105 cm³/mol. The zero-order chi connectivity index (χ0) is 20.1. The van der Waals surface area contributed by atoms with E-state index in [1.165, 1.54) is 0 Å². The number of aromatic nitrogens is 1. The zero-order valence-electron chi connectivity index (χ0n) is 14.9. The summed E-state index contributed by atoms with van der Waals surface area (Å²) >= 11 is 0. The van der Waals surface area contributed by atoms with Crippen LogP contribution in [0, 0.1) is 0 Å². The number of unbranched alkanes of at least 4 members (excludes halogenated alkanes) is 1. The Kier molecular flexibility index (Phi) is 7.34. The fraction of sp³-hybridized carbons (Fsp3) is 0.353. The number of rotatable bonds is 9. The van der Waals surface area contributed by atoms with E-state index in [1.54, 1.807) is 12.3 Å². The van der Waals surface area contributed by atoms with Crippen molar-refractivity contribution in [3.05, 3.63) is 48.2 Å². The normalized spacial score (nSPS) is 12.4. The number of pyridine rings is 1. The van der Waals surface area contributed by atoms with Gasteiger partial charge in [-0.1, -0.05) is 43.7 Å². The molecule has 0 radical (unpaired) electrons. The van der Waals surface area contributed by atoms with E-state index in [1.807, 2.05) is 37.3 Å². The first kappa shape index (κ1) is 21.8. The third kappa shape index (κ3) is 6.25. The molecule has 0 spiro atoms. The second-order valence-corrected chi connectivity index (χ2v) is 10.3. The molecule has 0 aliphatic heterocycles. The van der Waals surface area contributed by atoms with Crippen LogP contribution in [-0.2, 0) is 15.6 Å². The lowest BCUT2D eigenvalue weighted by Gasteiger charge is -2.21. The molecule has 1 aromatic carbocycles. The molecule has 8 nitrogen and oxygen atoms in total. The molecule has 0 saturated heterocycles. The first-order chi connectivity index (χ1) is 12.6. The van der Waals surface area contributed by atoms with E-state index in [2.05, 4.69) is 10.3 Å². The molecule has 0 fully saturated rings. The monoisotopic (exact) mass is 414 g/mol. The van der Waals surface area contributed by atoms with Crippen LogP contribution in [0.1, 0.15) is 25.3 Å². The van der Waals surface area contributed by atoms with Gasteiger partial charge in [-0.05, 0) is 23.6 Å². The summed E-state index contributed by atoms with van der Waals surface area (Å²) in [6.45, 7) is 2.61. The van der Waals surface area contributed by atoms with Gasteiger partial charge in [0, 0.05) is 24.7 Å². The lowest BCUT2D eigenvalue weighted by molar-refractivity contribution is 0.338. The summed E-state index contributed by atoms with van der Waals surface area (Å²) in [6.07, 6.45) is 2.94. The summed E-state index contributed by atoms with van der Waals surface area (Å²) in [5.74, 6) is 0.370. The van der Waals surface area contributed by atoms with Crippen LogP contribution >= 0.6 is 15.2 Å². The highest BCUT2D eigenvalue weighted by Crippen LogP contribution is 2.61. The molecule has 0 aliphatic rings. The molecule has 10 heteroatoms. The maximum absolute atomic E-state index is 11.7. The number of benzene rings is 1. The molecule has 0 bridgehead atoms. The molecular weight excluding hydrogens is 390 g/mol. The van der Waals surface area contributed by atoms with Gasteiger partial charge in [-0.2, -0.15) is 0 Å². The molecule has 0 aliphatic carbocycles. The minimum atomic E-state index is -5.02. The van der Waals surface area contributed by atoms with E-state index in [-0.39, 0.29) is 0 Å². The van der Waals surface area contributed by atoms with Crippen LogP contribution in [0.5, 0.6) is 0 Å². The standard InChI is InChI=1S/C17H24N2O6P2/c1-2-3-9-18-17-14(11-16(26(20,21)22)27(23,24)25)10-15(12-19-17)13-7-5-4-6-8-13/h4-8,10,12,16H,2-3,9,11H2,1H3,(H,18,19)(H2,20,21,22)(H2,23,24,25). The summed E-state index contributed by atoms with van der Waals surface area (Å²) in [5, 5.41) is 0.977. The van der Waals surface area contributed by atoms with E-state index in [0.717, 1.165) is 18.4 Å². The highest BCUT2D eigenvalue weighted by Gasteiger charge is 2.43. The van der Waals surface area contributed by atoms with Crippen LogP contribution in [-0.4, -0.2) is 36.5 Å². The molecule has 0 amide bonds. The SMILES string of the molecule is CCCCNc1ncc(-c2ccccc2)cc1CC(P(=O)(O)O)P(=O)(O)O. The summed E-state index contributed by atoms with van der Waals surface area (Å²) in [4.78, 5) is 42.1. The van der Waals surface area contributed by atoms with Crippen molar-refractivity contribution in [1.29, 1.82) is 0 Å². The summed E-state index contributed by atoms with van der Waals surface area (Å²) < 4.78 is 23.3. The summed E-state index contributed by atoms with van der Waals surface area (Å²) in [6, 6.07) is 10.9. The molecule has 0 unspecified atom stereocenters. The zero-order valence-corrected chi connectivity index (χ0v) is 16.7. The van der Waals surface area contributed by atoms with Gasteiger partial charge in [0.25, 0.3) is 0 Å². The van der Waals surface area contributed by atoms with Crippen LogP contribution in [0.3, 0.4) is 0 Å². The average Bonchev–Trinajstić information content (AvgIpc) is 2.59. The quantitative estimate of drug-likeness (QED) is 0.311. The first-order valence-corrected chi connectivity index (χ1v) is 11.9. The molecule has 0 atom stereocenters. The van der Waals surface area contributed by atoms with Gasteiger partial charge >= 0.3 is 15.2 Å². The van der Waals surface area contributed by atoms with Gasteiger partial charge in [0.15, 0.2) is 5.40 Å². The minimum Gasteiger partial charge on any atom is -0.370 e. The molecule has 1 heterocycles. The van der Waals surface area contributed by atoms with Crippen molar-refractivity contribution < 1.29 is 28.7 Å². The van der Waals surface area contributed by atoms with Gasteiger partial charge in [0.2, 0.25) is 0 Å². The lowest BCUT2D eigenvalue weighted by Crippen LogP contribution is -2.15. The van der Waals surface area contributed by atoms with E-state index in [0.29, 0.717) is 23.5 Å². The van der Waals surface area contributed by atoms with Crippen LogP contribution in [0.25, 0.3) is 11.1 Å². The molecule has 27 heavy (non-hydrogen) atoms. The van der Waals surface area contributed by atoms with Crippen molar-refractivity contribution in [2.24, 2.45) is 0 Å². The van der Waals surface area contributed by atoms with Crippen molar-refractivity contribution in [2.75, 3.05) is 11.9 Å². The minimum absolute atomic E-state index is 0.351. The van der Waals surface area contributed by atoms with E-state index in [9.17, 15) is 28.7 Å². The third-order valence-electron chi connectivity index (χ3n) is 4.08. The van der Waals surface area contributed by atoms with Crippen molar-refractivity contribution in [2.45, 2.75) is 31.6 Å². The largest absolute Gasteiger partial charge is 0.370 e. The number of anilines is 1. The number of nitrogens with one attached hydrogen (secondary N) is 1. The summed E-state index contributed by atoms with van der Waals surface area (Å²) in [7, 11) is -10.0. The van der Waals surface area contributed by atoms with Crippen LogP contribution in [0.4, 0.5) is 5.82 Å². The van der Waals surface area contributed by atoms with E-state index in [4.69, 9.17) is 0 Å². The Labute approximate surface area is 158 Å². The molecule has 1 aromatic heterocycles. The van der Waals surface area contributed by atoms with Crippen LogP contribution < -0.4 is 5.32 Å². The van der Waals surface area contributed by atoms with E-state index < -0.39 is 27.0 Å². The van der Waals surface area contributed by atoms with Gasteiger partial charge < -0.3 is 24.9 Å². The maximum atomic E-state index is 11.7. The number of nitrogens with zero attached hydrogens (tertiary/aromatic N) is 1. The predicted octanol–water partition coefficient (Wildman–Crippen LogP) is 3.18. The highest BCUT2D eigenvalue weighted by molar-refractivity contribution is 7.70. The fourth-order valence-corrected chi connectivity index (χ4v) is 5.06. The smallest absolute Gasteiger partial charge is 0.341 e. The number of hydrogen-bond donors (Lipinski definition) is 5. The Morgan fingerprint density at radius 2 is 1.67 bits per heavy atom. The Morgan fingerprint density at radius 1 is 1.04 bits per heavy atom. The molecule has 5 N–H and O–H groups in total. The van der Waals surface area contributed by atoms with Gasteiger partial charge in [-0.15, -0.1) is 0 Å². The third-order valence-corrected chi connectivity index (χ3v) is 7.80. The maximum Gasteiger partial charge on any atom is 0.341 e. The first-order valence-electron chi connectivity index (χ1n) is 8.51. The van der Waals surface area contributed by atoms with Crippen molar-refractivity contribution >= 4 is 21.0 Å². The Hall–Kier alpha value is -1.53. The molecular formula is C17H24N2O6P2. The van der Waals surface area contributed by atoms with Crippen LogP contribution in [0.2, 0.25) is 0 Å². The average molecular weight is 414 g/mol. The van der Waals surface area contributed by atoms with Crippen molar-refractivity contribution in [3.63, 3.8) is 0 Å². The van der Waals surface area contributed by atoms with Crippen LogP contribution in [0.15, 0.2) is 42.6 Å². The van der Waals surface area contributed by atoms with E-state index >= 15 is 0 Å². The second kappa shape index (κ2) is 9.11. The molecule has 148 valence electrons. The molecule has 2 rings (SSSR count).